The average molecular weight is 527 g/mol. The molecule has 1 fully saturated rings. The van der Waals surface area contributed by atoms with E-state index < -0.39 is 0 Å². The van der Waals surface area contributed by atoms with Gasteiger partial charge in [-0.1, -0.05) is 29.8 Å². The quantitative estimate of drug-likeness (QED) is 0.448. The first-order chi connectivity index (χ1) is 13.2. The van der Waals surface area contributed by atoms with Crippen molar-refractivity contribution in [3.63, 3.8) is 0 Å². The maximum absolute atomic E-state index is 5.91. The summed E-state index contributed by atoms with van der Waals surface area (Å²) in [5, 5.41) is 4.26. The molecule has 2 aromatic rings. The molecule has 29 heavy (non-hydrogen) atoms. The monoisotopic (exact) mass is 524 g/mol. The first kappa shape index (κ1) is 26.5. The van der Waals surface area contributed by atoms with Crippen molar-refractivity contribution in [1.82, 2.24) is 10.2 Å². The normalized spacial score (nSPS) is 14.0. The van der Waals surface area contributed by atoms with Crippen LogP contribution < -0.4 is 10.1 Å². The van der Waals surface area contributed by atoms with Crippen LogP contribution in [0.25, 0.3) is 0 Å². The van der Waals surface area contributed by atoms with Crippen LogP contribution >= 0.6 is 52.3 Å². The van der Waals surface area contributed by atoms with E-state index in [-0.39, 0.29) is 24.8 Å². The zero-order valence-corrected chi connectivity index (χ0v) is 20.2. The van der Waals surface area contributed by atoms with Gasteiger partial charge in [0, 0.05) is 24.7 Å². The zero-order chi connectivity index (χ0) is 18.9. The molecule has 2 aromatic carbocycles. The van der Waals surface area contributed by atoms with E-state index >= 15 is 0 Å². The Morgan fingerprint density at radius 1 is 1.03 bits per heavy atom. The van der Waals surface area contributed by atoms with Crippen molar-refractivity contribution < 1.29 is 9.47 Å². The molecule has 0 saturated carbocycles. The largest absolute Gasteiger partial charge is 0.488 e. The van der Waals surface area contributed by atoms with E-state index in [1.165, 1.54) is 5.56 Å². The molecule has 162 valence electrons. The third kappa shape index (κ3) is 9.43. The fourth-order valence-corrected chi connectivity index (χ4v) is 3.66. The summed E-state index contributed by atoms with van der Waals surface area (Å²) >= 11 is 9.53. The molecule has 0 radical (unpaired) electrons. The SMILES string of the molecule is Cl.Cl.Clc1ccc(COc2ccc(CNCCCN3CCOCC3)cc2Br)cc1. The predicted molar refractivity (Wildman–Crippen MR) is 128 cm³/mol. The van der Waals surface area contributed by atoms with Crippen LogP contribution in [0.4, 0.5) is 0 Å². The van der Waals surface area contributed by atoms with Crippen LogP contribution in [0.1, 0.15) is 17.5 Å². The van der Waals surface area contributed by atoms with Crippen LogP contribution in [-0.2, 0) is 17.9 Å². The summed E-state index contributed by atoms with van der Waals surface area (Å²) < 4.78 is 12.3. The third-order valence-corrected chi connectivity index (χ3v) is 5.44. The topological polar surface area (TPSA) is 33.7 Å². The molecule has 0 spiro atoms. The van der Waals surface area contributed by atoms with Gasteiger partial charge in [-0.25, -0.2) is 0 Å². The second-order valence-electron chi connectivity index (χ2n) is 6.66. The maximum Gasteiger partial charge on any atom is 0.134 e. The molecule has 3 rings (SSSR count). The summed E-state index contributed by atoms with van der Waals surface area (Å²) in [6.45, 7) is 7.39. The fourth-order valence-electron chi connectivity index (χ4n) is 3.00. The highest BCUT2D eigenvalue weighted by molar-refractivity contribution is 9.10. The van der Waals surface area contributed by atoms with Crippen LogP contribution in [-0.4, -0.2) is 44.3 Å². The van der Waals surface area contributed by atoms with E-state index in [0.717, 1.165) is 73.2 Å². The van der Waals surface area contributed by atoms with Gasteiger partial charge in [-0.15, -0.1) is 24.8 Å². The Labute approximate surface area is 199 Å². The lowest BCUT2D eigenvalue weighted by Gasteiger charge is -2.26. The molecule has 0 bridgehead atoms. The van der Waals surface area contributed by atoms with Crippen LogP contribution in [0.15, 0.2) is 46.9 Å². The molecular weight excluding hydrogens is 499 g/mol. The minimum Gasteiger partial charge on any atom is -0.488 e. The molecule has 0 aromatic heterocycles. The van der Waals surface area contributed by atoms with Gasteiger partial charge in [0.1, 0.15) is 12.4 Å². The molecule has 1 N–H and O–H groups in total. The van der Waals surface area contributed by atoms with Gasteiger partial charge in [0.05, 0.1) is 17.7 Å². The van der Waals surface area contributed by atoms with Crippen molar-refractivity contribution in [2.45, 2.75) is 19.6 Å². The second-order valence-corrected chi connectivity index (χ2v) is 7.96. The molecule has 0 unspecified atom stereocenters. The van der Waals surface area contributed by atoms with Crippen molar-refractivity contribution in [2.24, 2.45) is 0 Å². The van der Waals surface area contributed by atoms with Gasteiger partial charge in [0.2, 0.25) is 0 Å². The van der Waals surface area contributed by atoms with Gasteiger partial charge in [0.15, 0.2) is 0 Å². The van der Waals surface area contributed by atoms with Gasteiger partial charge in [-0.3, -0.25) is 4.90 Å². The lowest BCUT2D eigenvalue weighted by atomic mass is 10.2. The van der Waals surface area contributed by atoms with Gasteiger partial charge >= 0.3 is 0 Å². The average Bonchev–Trinajstić information content (AvgIpc) is 2.69. The fraction of sp³-hybridized carbons (Fsp3) is 0.429. The summed E-state index contributed by atoms with van der Waals surface area (Å²) in [7, 11) is 0. The number of nitrogens with zero attached hydrogens (tertiary/aromatic N) is 1. The van der Waals surface area contributed by atoms with Crippen LogP contribution in [0, 0.1) is 0 Å². The van der Waals surface area contributed by atoms with Crippen molar-refractivity contribution in [3.8, 4) is 5.75 Å². The molecule has 1 aliphatic heterocycles. The van der Waals surface area contributed by atoms with Crippen molar-refractivity contribution in [3.05, 3.63) is 63.1 Å². The Bertz CT molecular complexity index is 714. The Balaban J connectivity index is 0.00000210. The molecular formula is C21H28BrCl3N2O2. The lowest BCUT2D eigenvalue weighted by Crippen LogP contribution is -2.37. The minimum absolute atomic E-state index is 0. The summed E-state index contributed by atoms with van der Waals surface area (Å²) in [5.41, 5.74) is 2.34. The smallest absolute Gasteiger partial charge is 0.134 e. The van der Waals surface area contributed by atoms with E-state index in [2.05, 4.69) is 38.3 Å². The molecule has 1 aliphatic rings. The van der Waals surface area contributed by atoms with E-state index in [0.29, 0.717) is 6.61 Å². The summed E-state index contributed by atoms with van der Waals surface area (Å²) in [5.74, 6) is 0.848. The van der Waals surface area contributed by atoms with Crippen LogP contribution in [0.2, 0.25) is 5.02 Å². The molecule has 1 heterocycles. The van der Waals surface area contributed by atoms with Crippen LogP contribution in [0.5, 0.6) is 5.75 Å². The third-order valence-electron chi connectivity index (χ3n) is 4.56. The Morgan fingerprint density at radius 3 is 2.41 bits per heavy atom. The standard InChI is InChI=1S/C21H26BrClN2O2.2ClH/c22-20-14-18(15-24-8-1-9-25-10-12-26-13-11-25)4-7-21(20)27-16-17-2-5-19(23)6-3-17;;/h2-7,14,24H,1,8-13,15-16H2;2*1H. The highest BCUT2D eigenvalue weighted by Gasteiger charge is 2.09. The molecule has 8 heteroatoms. The number of hydrogen-bond donors (Lipinski definition) is 1. The lowest BCUT2D eigenvalue weighted by molar-refractivity contribution is 0.0374. The number of morpholine rings is 1. The number of ether oxygens (including phenoxy) is 2. The maximum atomic E-state index is 5.91. The van der Waals surface area contributed by atoms with E-state index in [1.807, 2.05) is 30.3 Å². The minimum atomic E-state index is 0. The molecule has 4 nitrogen and oxygen atoms in total. The van der Waals surface area contributed by atoms with Gasteiger partial charge in [-0.2, -0.15) is 0 Å². The van der Waals surface area contributed by atoms with Gasteiger partial charge in [-0.05, 0) is 70.8 Å². The molecule has 0 aliphatic carbocycles. The molecule has 0 amide bonds. The van der Waals surface area contributed by atoms with E-state index in [9.17, 15) is 0 Å². The van der Waals surface area contributed by atoms with Crippen molar-refractivity contribution in [1.29, 1.82) is 0 Å². The Kier molecular flexibility index (Phi) is 13.2. The Morgan fingerprint density at radius 2 is 1.72 bits per heavy atom. The first-order valence-corrected chi connectivity index (χ1v) is 10.5. The van der Waals surface area contributed by atoms with Gasteiger partial charge < -0.3 is 14.8 Å². The summed E-state index contributed by atoms with van der Waals surface area (Å²) in [6.07, 6.45) is 1.16. The number of halogens is 4. The number of hydrogen-bond acceptors (Lipinski definition) is 4. The van der Waals surface area contributed by atoms with Gasteiger partial charge in [0.25, 0.3) is 0 Å². The predicted octanol–water partition coefficient (Wildman–Crippen LogP) is 5.34. The van der Waals surface area contributed by atoms with Crippen molar-refractivity contribution >= 4 is 52.3 Å². The number of benzene rings is 2. The number of nitrogens with one attached hydrogen (secondary N) is 1. The highest BCUT2D eigenvalue weighted by Crippen LogP contribution is 2.27. The van der Waals surface area contributed by atoms with Crippen molar-refractivity contribution in [2.75, 3.05) is 39.4 Å². The summed E-state index contributed by atoms with van der Waals surface area (Å²) in [4.78, 5) is 2.47. The highest BCUT2D eigenvalue weighted by atomic mass is 79.9. The number of rotatable bonds is 9. The molecule has 0 atom stereocenters. The first-order valence-electron chi connectivity index (χ1n) is 9.37. The zero-order valence-electron chi connectivity index (χ0n) is 16.2. The Hall–Kier alpha value is -0.530. The van der Waals surface area contributed by atoms with Crippen LogP contribution in [0.3, 0.4) is 0 Å². The molecule has 1 saturated heterocycles. The second kappa shape index (κ2) is 14.5. The van der Waals surface area contributed by atoms with E-state index in [1.54, 1.807) is 0 Å². The van der Waals surface area contributed by atoms with E-state index in [4.69, 9.17) is 21.1 Å². The summed E-state index contributed by atoms with van der Waals surface area (Å²) in [6, 6.07) is 14.0.